The average Bonchev–Trinajstić information content (AvgIpc) is 3.65. The van der Waals surface area contributed by atoms with Gasteiger partial charge in [0.25, 0.3) is 0 Å². The highest BCUT2D eigenvalue weighted by atomic mass is 15.0. The van der Waals surface area contributed by atoms with Gasteiger partial charge in [0.2, 0.25) is 0 Å². The first kappa shape index (κ1) is 34.8. The second kappa shape index (κ2) is 14.3. The Morgan fingerprint density at radius 2 is 0.803 bits per heavy atom. The molecule has 0 aliphatic rings. The number of fused-ring (bicyclic) bond motifs is 6. The Morgan fingerprint density at radius 1 is 0.262 bits per heavy atom. The molecule has 2 aromatic heterocycles. The third-order valence-electron chi connectivity index (χ3n) is 12.0. The molecule has 0 amide bonds. The molecule has 12 aromatic rings. The minimum atomic E-state index is 0.615. The Kier molecular flexibility index (Phi) is 8.13. The molecule has 0 spiro atoms. The molecule has 284 valence electrons. The minimum absolute atomic E-state index is 0.615. The van der Waals surface area contributed by atoms with Crippen molar-refractivity contribution < 1.29 is 0 Å². The van der Waals surface area contributed by atoms with Crippen LogP contribution in [0.1, 0.15) is 0 Å². The van der Waals surface area contributed by atoms with E-state index >= 15 is 0 Å². The molecule has 0 radical (unpaired) electrons. The van der Waals surface area contributed by atoms with E-state index in [-0.39, 0.29) is 0 Å². The van der Waals surface area contributed by atoms with Gasteiger partial charge in [-0.25, -0.2) is 15.0 Å². The summed E-state index contributed by atoms with van der Waals surface area (Å²) in [4.78, 5) is 15.8. The molecule has 0 bridgehead atoms. The van der Waals surface area contributed by atoms with Gasteiger partial charge in [-0.15, -0.1) is 0 Å². The van der Waals surface area contributed by atoms with Crippen molar-refractivity contribution in [2.75, 3.05) is 0 Å². The predicted molar refractivity (Wildman–Crippen MR) is 254 cm³/mol. The van der Waals surface area contributed by atoms with E-state index in [0.29, 0.717) is 17.5 Å². The molecule has 0 N–H and O–H groups in total. The van der Waals surface area contributed by atoms with Crippen molar-refractivity contribution in [1.29, 1.82) is 0 Å². The van der Waals surface area contributed by atoms with E-state index in [1.807, 2.05) is 36.4 Å². The van der Waals surface area contributed by atoms with E-state index in [4.69, 9.17) is 15.0 Å². The summed E-state index contributed by atoms with van der Waals surface area (Å²) < 4.78 is 2.49. The van der Waals surface area contributed by atoms with Crippen LogP contribution in [-0.2, 0) is 0 Å². The second-order valence-corrected chi connectivity index (χ2v) is 15.6. The Morgan fingerprint density at radius 3 is 1.49 bits per heavy atom. The van der Waals surface area contributed by atoms with Gasteiger partial charge >= 0.3 is 0 Å². The predicted octanol–water partition coefficient (Wildman–Crippen LogP) is 14.8. The summed E-state index contributed by atoms with van der Waals surface area (Å²) in [7, 11) is 0. The largest absolute Gasteiger partial charge is 0.308 e. The summed E-state index contributed by atoms with van der Waals surface area (Å²) in [6, 6.07) is 77.9. The zero-order valence-electron chi connectivity index (χ0n) is 33.1. The van der Waals surface area contributed by atoms with E-state index in [0.717, 1.165) is 66.4 Å². The Balaban J connectivity index is 1.25. The zero-order valence-corrected chi connectivity index (χ0v) is 33.1. The maximum atomic E-state index is 5.33. The van der Waals surface area contributed by atoms with E-state index < -0.39 is 0 Å². The fourth-order valence-corrected chi connectivity index (χ4v) is 9.05. The summed E-state index contributed by atoms with van der Waals surface area (Å²) in [6.45, 7) is 0. The van der Waals surface area contributed by atoms with Crippen molar-refractivity contribution in [3.63, 3.8) is 0 Å². The van der Waals surface area contributed by atoms with Crippen molar-refractivity contribution in [2.45, 2.75) is 0 Å². The van der Waals surface area contributed by atoms with Gasteiger partial charge in [-0.05, 0) is 80.0 Å². The summed E-state index contributed by atoms with van der Waals surface area (Å²) in [5.74, 6) is 1.87. The van der Waals surface area contributed by atoms with Gasteiger partial charge in [-0.2, -0.15) is 0 Å². The molecule has 0 fully saturated rings. The summed E-state index contributed by atoms with van der Waals surface area (Å²) in [6.07, 6.45) is 0. The Labute approximate surface area is 352 Å². The van der Waals surface area contributed by atoms with Crippen molar-refractivity contribution in [2.24, 2.45) is 0 Å². The number of hydrogen-bond acceptors (Lipinski definition) is 3. The molecular formula is C57H36N4. The first-order valence-corrected chi connectivity index (χ1v) is 20.7. The first-order chi connectivity index (χ1) is 30.2. The highest BCUT2D eigenvalue weighted by molar-refractivity contribution is 6.17. The van der Waals surface area contributed by atoms with Crippen molar-refractivity contribution >= 4 is 54.1 Å². The molecule has 0 unspecified atom stereocenters. The maximum absolute atomic E-state index is 5.33. The zero-order chi connectivity index (χ0) is 40.3. The van der Waals surface area contributed by atoms with Crippen LogP contribution >= 0.6 is 0 Å². The third kappa shape index (κ3) is 5.96. The van der Waals surface area contributed by atoms with Crippen LogP contribution in [-0.4, -0.2) is 19.5 Å². The Bertz CT molecular complexity index is 3570. The number of benzene rings is 10. The third-order valence-corrected chi connectivity index (χ3v) is 12.0. The lowest BCUT2D eigenvalue weighted by atomic mass is 9.90. The number of para-hydroxylation sites is 1. The molecule has 4 heteroatoms. The molecule has 2 heterocycles. The molecule has 12 rings (SSSR count). The monoisotopic (exact) mass is 776 g/mol. The molecule has 61 heavy (non-hydrogen) atoms. The Hall–Kier alpha value is -8.21. The highest BCUT2D eigenvalue weighted by Gasteiger charge is 2.24. The van der Waals surface area contributed by atoms with Gasteiger partial charge in [0.15, 0.2) is 17.5 Å². The van der Waals surface area contributed by atoms with Gasteiger partial charge in [0.05, 0.1) is 16.7 Å². The van der Waals surface area contributed by atoms with Crippen LogP contribution < -0.4 is 0 Å². The molecule has 0 aliphatic heterocycles. The number of hydrogen-bond donors (Lipinski definition) is 0. The maximum Gasteiger partial charge on any atom is 0.164 e. The van der Waals surface area contributed by atoms with Gasteiger partial charge in [-0.3, -0.25) is 0 Å². The molecule has 10 aromatic carbocycles. The van der Waals surface area contributed by atoms with Gasteiger partial charge in [-0.1, -0.05) is 182 Å². The van der Waals surface area contributed by atoms with Crippen LogP contribution in [0.5, 0.6) is 0 Å². The van der Waals surface area contributed by atoms with Gasteiger partial charge in [0, 0.05) is 38.4 Å². The summed E-state index contributed by atoms with van der Waals surface area (Å²) in [5, 5.41) is 9.37. The highest BCUT2D eigenvalue weighted by Crippen LogP contribution is 2.45. The van der Waals surface area contributed by atoms with Crippen molar-refractivity contribution in [3.05, 3.63) is 218 Å². The van der Waals surface area contributed by atoms with Crippen LogP contribution in [0.15, 0.2) is 218 Å². The summed E-state index contributed by atoms with van der Waals surface area (Å²) in [5.41, 5.74) is 10.7. The van der Waals surface area contributed by atoms with E-state index in [1.165, 1.54) is 32.3 Å². The van der Waals surface area contributed by atoms with Crippen molar-refractivity contribution in [1.82, 2.24) is 19.5 Å². The minimum Gasteiger partial charge on any atom is -0.308 e. The normalized spacial score (nSPS) is 11.6. The van der Waals surface area contributed by atoms with E-state index in [1.54, 1.807) is 0 Å². The van der Waals surface area contributed by atoms with Crippen LogP contribution in [0, 0.1) is 0 Å². The molecular weight excluding hydrogens is 741 g/mol. The SMILES string of the molecule is c1ccc(-c2ccc3c(-n4c5ccccc5c5cc6ccccc6cc54)c(-c4ccc5ccccc5c4)cc(-c4nc(-c5ccccc5)nc(-c5ccccc5)n4)c3c2)cc1. The van der Waals surface area contributed by atoms with Crippen LogP contribution in [0.2, 0.25) is 0 Å². The van der Waals surface area contributed by atoms with Crippen LogP contribution in [0.4, 0.5) is 0 Å². The number of nitrogens with zero attached hydrogens (tertiary/aromatic N) is 4. The number of aromatic nitrogens is 4. The first-order valence-electron chi connectivity index (χ1n) is 20.7. The molecule has 0 saturated carbocycles. The van der Waals surface area contributed by atoms with Gasteiger partial charge in [0.1, 0.15) is 0 Å². The number of rotatable bonds is 6. The lowest BCUT2D eigenvalue weighted by molar-refractivity contribution is 1.08. The van der Waals surface area contributed by atoms with Crippen LogP contribution in [0.3, 0.4) is 0 Å². The van der Waals surface area contributed by atoms with Gasteiger partial charge < -0.3 is 4.57 Å². The standard InChI is InChI=1S/C57H36N4/c1-4-16-37(17-5-1)44-30-31-47-49(33-44)51(57-59-55(39-19-6-2-7-20-39)58-56(60-57)40-21-8-3-9-22-40)36-48(45-29-28-38-18-10-11-23-41(38)32-45)54(47)61-52-27-15-14-26-46(52)50-34-42-24-12-13-25-43(42)35-53(50)61/h1-36H. The fourth-order valence-electron chi connectivity index (χ4n) is 9.05. The lowest BCUT2D eigenvalue weighted by Gasteiger charge is -2.21. The molecule has 4 nitrogen and oxygen atoms in total. The molecule has 0 aliphatic carbocycles. The smallest absolute Gasteiger partial charge is 0.164 e. The van der Waals surface area contributed by atoms with Crippen LogP contribution in [0.25, 0.3) is 116 Å². The average molecular weight is 777 g/mol. The van der Waals surface area contributed by atoms with E-state index in [2.05, 4.69) is 187 Å². The second-order valence-electron chi connectivity index (χ2n) is 15.6. The molecule has 0 saturated heterocycles. The van der Waals surface area contributed by atoms with E-state index in [9.17, 15) is 0 Å². The fraction of sp³-hybridized carbons (Fsp3) is 0. The topological polar surface area (TPSA) is 43.6 Å². The summed E-state index contributed by atoms with van der Waals surface area (Å²) >= 11 is 0. The quantitative estimate of drug-likeness (QED) is 0.169. The van der Waals surface area contributed by atoms with Crippen molar-refractivity contribution in [3.8, 4) is 62.1 Å². The molecule has 0 atom stereocenters. The lowest BCUT2D eigenvalue weighted by Crippen LogP contribution is -2.04.